The van der Waals surface area contributed by atoms with E-state index in [0.717, 1.165) is 18.4 Å². The van der Waals surface area contributed by atoms with Crippen molar-refractivity contribution >= 4 is 41.7 Å². The summed E-state index contributed by atoms with van der Waals surface area (Å²) in [4.78, 5) is 8.27. The van der Waals surface area contributed by atoms with E-state index in [0.29, 0.717) is 50.2 Å². The largest absolute Gasteiger partial charge is 0.378 e. The Kier molecular flexibility index (Phi) is 7.30. The molecule has 2 aliphatic rings. The predicted octanol–water partition coefficient (Wildman–Crippen LogP) is 5.12. The number of nitrogens with one attached hydrogen (secondary N) is 4. The SMILES string of the molecule is [B]C(Nc1cc(Cl)c2ncc(C#N)c(NC(CC#N)c3ccccc3)c2c1)(C1=CN(C2CC2)NN1)c1ccc(F)nc1. The molecule has 2 radical (unpaired) electrons. The van der Waals surface area contributed by atoms with E-state index in [1.54, 1.807) is 18.2 Å². The summed E-state index contributed by atoms with van der Waals surface area (Å²) in [5.41, 5.74) is 8.63. The smallest absolute Gasteiger partial charge is 0.212 e. The molecular formula is C30H24BClFN9. The molecule has 6 rings (SSSR count). The zero-order valence-corrected chi connectivity index (χ0v) is 23.0. The quantitative estimate of drug-likeness (QED) is 0.159. The molecule has 4 N–H and O–H groups in total. The third kappa shape index (κ3) is 5.28. The maximum atomic E-state index is 13.8. The molecule has 12 heteroatoms. The van der Waals surface area contributed by atoms with Gasteiger partial charge in [-0.25, -0.2) is 4.98 Å². The minimum atomic E-state index is -1.38. The molecule has 2 aromatic carbocycles. The van der Waals surface area contributed by atoms with E-state index >= 15 is 0 Å². The number of nitrogens with zero attached hydrogens (tertiary/aromatic N) is 5. The van der Waals surface area contributed by atoms with E-state index in [-0.39, 0.29) is 6.42 Å². The molecule has 1 aliphatic heterocycles. The molecule has 42 heavy (non-hydrogen) atoms. The summed E-state index contributed by atoms with van der Waals surface area (Å²) in [6.45, 7) is 0. The van der Waals surface area contributed by atoms with Gasteiger partial charge in [-0.15, -0.1) is 5.53 Å². The lowest BCUT2D eigenvalue weighted by atomic mass is 9.70. The minimum Gasteiger partial charge on any atom is -0.378 e. The van der Waals surface area contributed by atoms with E-state index in [1.165, 1.54) is 18.5 Å². The summed E-state index contributed by atoms with van der Waals surface area (Å²) in [6.07, 6.45) is 7.00. The van der Waals surface area contributed by atoms with Crippen LogP contribution in [0.15, 0.2) is 78.9 Å². The number of hydrogen-bond donors (Lipinski definition) is 4. The number of pyridine rings is 2. The first-order chi connectivity index (χ1) is 20.4. The molecule has 1 saturated carbocycles. The van der Waals surface area contributed by atoms with Crippen LogP contribution in [0, 0.1) is 28.6 Å². The fourth-order valence-electron chi connectivity index (χ4n) is 4.99. The molecule has 4 aromatic rings. The van der Waals surface area contributed by atoms with Gasteiger partial charge < -0.3 is 16.1 Å². The van der Waals surface area contributed by atoms with Crippen LogP contribution in [0.25, 0.3) is 10.9 Å². The van der Waals surface area contributed by atoms with Gasteiger partial charge in [0.05, 0.1) is 51.5 Å². The van der Waals surface area contributed by atoms with Crippen LogP contribution in [0.3, 0.4) is 0 Å². The Morgan fingerprint density at radius 3 is 2.64 bits per heavy atom. The van der Waals surface area contributed by atoms with Crippen LogP contribution < -0.4 is 21.6 Å². The molecule has 1 aliphatic carbocycles. The van der Waals surface area contributed by atoms with Gasteiger partial charge in [-0.2, -0.15) is 14.9 Å². The topological polar surface area (TPSA) is 125 Å². The predicted molar refractivity (Wildman–Crippen MR) is 159 cm³/mol. The number of hydrogen-bond acceptors (Lipinski definition) is 9. The number of anilines is 2. The van der Waals surface area contributed by atoms with Gasteiger partial charge in [0.25, 0.3) is 0 Å². The second-order valence-electron chi connectivity index (χ2n) is 10.2. The van der Waals surface area contributed by atoms with E-state index < -0.39 is 17.4 Å². The summed E-state index contributed by atoms with van der Waals surface area (Å²) in [7, 11) is 7.04. The van der Waals surface area contributed by atoms with Crippen molar-refractivity contribution in [3.63, 3.8) is 0 Å². The summed E-state index contributed by atoms with van der Waals surface area (Å²) in [5.74, 6) is -0.628. The highest BCUT2D eigenvalue weighted by molar-refractivity contribution is 6.36. The number of halogens is 2. The Morgan fingerprint density at radius 1 is 1.14 bits per heavy atom. The molecule has 2 unspecified atom stereocenters. The second kappa shape index (κ2) is 11.2. The summed E-state index contributed by atoms with van der Waals surface area (Å²) in [6, 6.07) is 20.2. The van der Waals surface area contributed by atoms with E-state index in [9.17, 15) is 14.9 Å². The normalized spacial score (nSPS) is 16.5. The minimum absolute atomic E-state index is 0.165. The van der Waals surface area contributed by atoms with Crippen molar-refractivity contribution in [1.82, 2.24) is 25.9 Å². The van der Waals surface area contributed by atoms with Crippen LogP contribution >= 0.6 is 11.6 Å². The molecule has 0 bridgehead atoms. The molecule has 0 saturated heterocycles. The number of nitriles is 2. The molecule has 2 atom stereocenters. The van der Waals surface area contributed by atoms with Crippen molar-refractivity contribution in [2.75, 3.05) is 10.6 Å². The van der Waals surface area contributed by atoms with Gasteiger partial charge in [0.1, 0.15) is 13.9 Å². The maximum Gasteiger partial charge on any atom is 0.212 e. The number of aromatic nitrogens is 2. The van der Waals surface area contributed by atoms with E-state index in [1.807, 2.05) is 41.5 Å². The standard InChI is InChI=1S/C30H24BClFN9/c31-30(20-6-9-27(33)36-16-20,26-17-42(41-40-26)22-7-8-22)39-21-12-23-28(19(14-35)15-37-29(23)24(32)13-21)38-25(10-11-34)18-4-2-1-3-5-18/h1-6,9,12-13,15-17,22,25,39-41H,7-8,10H2,(H,37,38). The van der Waals surface area contributed by atoms with Gasteiger partial charge in [0, 0.05) is 35.7 Å². The lowest BCUT2D eigenvalue weighted by Crippen LogP contribution is -2.45. The zero-order valence-electron chi connectivity index (χ0n) is 22.3. The summed E-state index contributed by atoms with van der Waals surface area (Å²) < 4.78 is 13.8. The summed E-state index contributed by atoms with van der Waals surface area (Å²) >= 11 is 6.75. The highest BCUT2D eigenvalue weighted by Crippen LogP contribution is 2.39. The molecule has 9 nitrogen and oxygen atoms in total. The molecule has 0 spiro atoms. The molecule has 1 fully saturated rings. The van der Waals surface area contributed by atoms with Crippen LogP contribution in [0.1, 0.15) is 42.0 Å². The fraction of sp³-hybridized carbons (Fsp3) is 0.200. The first-order valence-corrected chi connectivity index (χ1v) is 13.7. The second-order valence-corrected chi connectivity index (χ2v) is 10.6. The third-order valence-electron chi connectivity index (χ3n) is 7.34. The molecule has 2 aromatic heterocycles. The number of benzene rings is 2. The van der Waals surface area contributed by atoms with E-state index in [2.05, 4.69) is 43.7 Å². The molecular weight excluding hydrogens is 552 g/mol. The van der Waals surface area contributed by atoms with Crippen molar-refractivity contribution in [3.05, 3.63) is 107 Å². The Hall–Kier alpha value is -4.84. The Bertz CT molecular complexity index is 1750. The Labute approximate surface area is 248 Å². The highest BCUT2D eigenvalue weighted by Gasteiger charge is 2.38. The highest BCUT2D eigenvalue weighted by atomic mass is 35.5. The number of fused-ring (bicyclic) bond motifs is 1. The average molecular weight is 576 g/mol. The number of rotatable bonds is 9. The summed E-state index contributed by atoms with van der Waals surface area (Å²) in [5, 5.41) is 29.1. The molecule has 0 amide bonds. The van der Waals surface area contributed by atoms with Gasteiger partial charge in [0.15, 0.2) is 0 Å². The van der Waals surface area contributed by atoms with Gasteiger partial charge >= 0.3 is 0 Å². The van der Waals surface area contributed by atoms with Crippen molar-refractivity contribution < 1.29 is 4.39 Å². The van der Waals surface area contributed by atoms with Crippen LogP contribution in [-0.2, 0) is 5.44 Å². The van der Waals surface area contributed by atoms with E-state index in [4.69, 9.17) is 19.4 Å². The zero-order chi connectivity index (χ0) is 29.3. The van der Waals surface area contributed by atoms with Crippen LogP contribution in [0.2, 0.25) is 5.02 Å². The molecule has 206 valence electrons. The number of hydrazine groups is 2. The van der Waals surface area contributed by atoms with Crippen molar-refractivity contribution in [1.29, 1.82) is 10.5 Å². The average Bonchev–Trinajstić information content (AvgIpc) is 3.73. The van der Waals surface area contributed by atoms with Crippen molar-refractivity contribution in [3.8, 4) is 12.1 Å². The lowest BCUT2D eigenvalue weighted by molar-refractivity contribution is 0.260. The lowest BCUT2D eigenvalue weighted by Gasteiger charge is -2.34. The fourth-order valence-corrected chi connectivity index (χ4v) is 5.25. The van der Waals surface area contributed by atoms with Crippen LogP contribution in [-0.4, -0.2) is 28.9 Å². The molecule has 3 heterocycles. The Balaban J connectivity index is 1.45. The van der Waals surface area contributed by atoms with Gasteiger partial charge in [-0.1, -0.05) is 48.0 Å². The first-order valence-electron chi connectivity index (χ1n) is 13.3. The van der Waals surface area contributed by atoms with Gasteiger partial charge in [-0.3, -0.25) is 9.99 Å². The van der Waals surface area contributed by atoms with Crippen molar-refractivity contribution in [2.45, 2.75) is 36.8 Å². The third-order valence-corrected chi connectivity index (χ3v) is 7.63. The Morgan fingerprint density at radius 2 is 1.95 bits per heavy atom. The van der Waals surface area contributed by atoms with Gasteiger partial charge in [0.2, 0.25) is 5.95 Å². The van der Waals surface area contributed by atoms with Gasteiger partial charge in [-0.05, 0) is 42.2 Å². The van der Waals surface area contributed by atoms with Crippen molar-refractivity contribution in [2.24, 2.45) is 0 Å². The van der Waals surface area contributed by atoms with Crippen LogP contribution in [0.4, 0.5) is 15.8 Å². The maximum absolute atomic E-state index is 13.8. The van der Waals surface area contributed by atoms with Crippen LogP contribution in [0.5, 0.6) is 0 Å². The monoisotopic (exact) mass is 575 g/mol. The first kappa shape index (κ1) is 27.3.